The van der Waals surface area contributed by atoms with Crippen molar-refractivity contribution in [2.75, 3.05) is 0 Å². The quantitative estimate of drug-likeness (QED) is 0.426. The molecule has 0 aliphatic carbocycles. The van der Waals surface area contributed by atoms with Gasteiger partial charge in [0.25, 0.3) is 0 Å². The Labute approximate surface area is 164 Å². The van der Waals surface area contributed by atoms with Crippen molar-refractivity contribution in [3.8, 4) is 11.5 Å². The van der Waals surface area contributed by atoms with Crippen LogP contribution in [0.5, 0.6) is 11.5 Å². The molecule has 0 radical (unpaired) electrons. The Balaban J connectivity index is 0. The van der Waals surface area contributed by atoms with Gasteiger partial charge in [-0.15, -0.1) is 0 Å². The van der Waals surface area contributed by atoms with Gasteiger partial charge in [0.15, 0.2) is 11.5 Å². The van der Waals surface area contributed by atoms with Crippen LogP contribution in [0.4, 0.5) is 0 Å². The fourth-order valence-electron chi connectivity index (χ4n) is 1.83. The first-order valence-electron chi connectivity index (χ1n) is 8.70. The van der Waals surface area contributed by atoms with Gasteiger partial charge in [0, 0.05) is 13.3 Å². The van der Waals surface area contributed by atoms with E-state index in [1.807, 2.05) is 13.8 Å². The van der Waals surface area contributed by atoms with E-state index in [0.717, 1.165) is 5.56 Å². The Morgan fingerprint density at radius 2 is 1.57 bits per heavy atom. The highest BCUT2D eigenvalue weighted by Gasteiger charge is 2.19. The molecule has 0 bridgehead atoms. The molecule has 9 heteroatoms. The maximum absolute atomic E-state index is 10.9. The first-order valence-corrected chi connectivity index (χ1v) is 8.70. The van der Waals surface area contributed by atoms with Gasteiger partial charge in [0.05, 0.1) is 6.04 Å². The van der Waals surface area contributed by atoms with Gasteiger partial charge in [-0.1, -0.05) is 19.9 Å². The predicted octanol–water partition coefficient (Wildman–Crippen LogP) is 1.14. The molecule has 1 aromatic carbocycles. The normalized spacial score (nSPS) is 11.5. The van der Waals surface area contributed by atoms with Gasteiger partial charge in [0.1, 0.15) is 17.6 Å². The van der Waals surface area contributed by atoms with Gasteiger partial charge in [-0.05, 0) is 38.0 Å². The number of phenols is 2. The number of Topliss-reactive ketones (excluding diaryl/α,β-unsaturated/α-hetero) is 2. The third-order valence-corrected chi connectivity index (χ3v) is 3.18. The smallest absolute Gasteiger partial charge is 0.326 e. The summed E-state index contributed by atoms with van der Waals surface area (Å²) in [7, 11) is 0. The number of carbonyl (C=O) groups is 4. The van der Waals surface area contributed by atoms with Crippen LogP contribution in [0.2, 0.25) is 0 Å². The molecule has 28 heavy (non-hydrogen) atoms. The minimum atomic E-state index is -1.19. The lowest BCUT2D eigenvalue weighted by molar-refractivity contribution is -0.143. The number of phenolic OH excluding ortho intramolecular Hbond substituents is 2. The average Bonchev–Trinajstić information content (AvgIpc) is 2.59. The molecule has 0 saturated heterocycles. The van der Waals surface area contributed by atoms with Crippen molar-refractivity contribution in [2.45, 2.75) is 59.5 Å². The van der Waals surface area contributed by atoms with Crippen LogP contribution in [0.1, 0.15) is 46.6 Å². The monoisotopic (exact) mass is 398 g/mol. The zero-order valence-electron chi connectivity index (χ0n) is 16.9. The predicted molar refractivity (Wildman–Crippen MR) is 104 cm³/mol. The van der Waals surface area contributed by atoms with E-state index < -0.39 is 24.0 Å². The second kappa shape index (κ2) is 14.2. The second-order valence-electron chi connectivity index (χ2n) is 5.74. The third kappa shape index (κ3) is 12.4. The van der Waals surface area contributed by atoms with Gasteiger partial charge in [-0.3, -0.25) is 14.4 Å². The highest BCUT2D eigenvalue weighted by Crippen LogP contribution is 2.25. The number of carbonyl (C=O) groups excluding carboxylic acids is 3. The summed E-state index contributed by atoms with van der Waals surface area (Å²) in [6, 6.07) is 2.74. The average molecular weight is 398 g/mol. The summed E-state index contributed by atoms with van der Waals surface area (Å²) in [6.45, 7) is 7.90. The summed E-state index contributed by atoms with van der Waals surface area (Å²) >= 11 is 0. The van der Waals surface area contributed by atoms with Crippen molar-refractivity contribution in [3.05, 3.63) is 23.8 Å². The summed E-state index contributed by atoms with van der Waals surface area (Å²) in [5, 5.41) is 28.9. The molecule has 0 aliphatic heterocycles. The minimum Gasteiger partial charge on any atom is -0.504 e. The van der Waals surface area contributed by atoms with Crippen LogP contribution in [0, 0.1) is 0 Å². The maximum Gasteiger partial charge on any atom is 0.326 e. The van der Waals surface area contributed by atoms with Crippen molar-refractivity contribution >= 4 is 23.4 Å². The summed E-state index contributed by atoms with van der Waals surface area (Å²) in [6.07, 6.45) is 0.193. The molecule has 0 spiro atoms. The molecule has 1 aromatic rings. The van der Waals surface area contributed by atoms with Crippen LogP contribution < -0.4 is 11.1 Å². The summed E-state index contributed by atoms with van der Waals surface area (Å²) < 4.78 is 0. The fraction of sp³-hybridized carbons (Fsp3) is 0.474. The Morgan fingerprint density at radius 3 is 1.93 bits per heavy atom. The van der Waals surface area contributed by atoms with Gasteiger partial charge >= 0.3 is 5.97 Å². The van der Waals surface area contributed by atoms with E-state index in [1.54, 1.807) is 6.07 Å². The number of hydrogen-bond acceptors (Lipinski definition) is 7. The standard InChI is InChI=1S/C10H13NO3.C7H11NO4.C2H6/c1-6(12)8(11)4-7-2-3-9(13)10(14)5-7;1-4(9)3-6(7(11)12)8-5(2)10;1-2/h2-3,5,8,13-14H,4,11H2,1H3;6H,3H2,1-2H3,(H,8,10)(H,11,12);1-2H3/t8-;6-;/m00./s1. The van der Waals surface area contributed by atoms with Crippen molar-refractivity contribution in [3.63, 3.8) is 0 Å². The number of aliphatic carboxylic acids is 1. The van der Waals surface area contributed by atoms with E-state index in [0.29, 0.717) is 6.42 Å². The molecule has 0 unspecified atom stereocenters. The lowest BCUT2D eigenvalue weighted by Gasteiger charge is -2.10. The van der Waals surface area contributed by atoms with Gasteiger partial charge in [0.2, 0.25) is 5.91 Å². The lowest BCUT2D eigenvalue weighted by atomic mass is 10.0. The van der Waals surface area contributed by atoms with E-state index in [4.69, 9.17) is 15.9 Å². The van der Waals surface area contributed by atoms with Crippen LogP contribution in [-0.2, 0) is 25.6 Å². The molecule has 0 fully saturated rings. The SMILES string of the molecule is CC.CC(=O)C[C@H](NC(C)=O)C(=O)O.CC(=O)[C@@H](N)Cc1ccc(O)c(O)c1. The van der Waals surface area contributed by atoms with E-state index in [-0.39, 0.29) is 29.5 Å². The summed E-state index contributed by atoms with van der Waals surface area (Å²) in [5.41, 5.74) is 6.27. The largest absolute Gasteiger partial charge is 0.504 e. The number of rotatable bonds is 7. The van der Waals surface area contributed by atoms with Crippen LogP contribution in [0.25, 0.3) is 0 Å². The summed E-state index contributed by atoms with van der Waals surface area (Å²) in [4.78, 5) is 42.2. The molecular formula is C19H30N2O7. The zero-order valence-corrected chi connectivity index (χ0v) is 16.9. The van der Waals surface area contributed by atoms with Crippen molar-refractivity contribution in [1.82, 2.24) is 5.32 Å². The topological polar surface area (TPSA) is 167 Å². The van der Waals surface area contributed by atoms with E-state index >= 15 is 0 Å². The number of benzene rings is 1. The molecule has 158 valence electrons. The lowest BCUT2D eigenvalue weighted by Crippen LogP contribution is -2.40. The van der Waals surface area contributed by atoms with Crippen molar-refractivity contribution < 1.29 is 34.5 Å². The number of nitrogens with one attached hydrogen (secondary N) is 1. The molecule has 0 aliphatic rings. The van der Waals surface area contributed by atoms with Crippen molar-refractivity contribution in [1.29, 1.82) is 0 Å². The van der Waals surface area contributed by atoms with E-state index in [9.17, 15) is 24.3 Å². The van der Waals surface area contributed by atoms with E-state index in [2.05, 4.69) is 5.32 Å². The number of carboxylic acid groups (broad SMARTS) is 1. The first kappa shape index (κ1) is 27.3. The van der Waals surface area contributed by atoms with E-state index in [1.165, 1.54) is 32.9 Å². The van der Waals surface area contributed by atoms with Crippen LogP contribution in [-0.4, -0.2) is 50.8 Å². The number of amides is 1. The highest BCUT2D eigenvalue weighted by atomic mass is 16.4. The Morgan fingerprint density at radius 1 is 1.04 bits per heavy atom. The molecule has 1 rings (SSSR count). The van der Waals surface area contributed by atoms with Crippen LogP contribution in [0.15, 0.2) is 18.2 Å². The molecule has 1 amide bonds. The molecule has 6 N–H and O–H groups in total. The van der Waals surface area contributed by atoms with Gasteiger partial charge < -0.3 is 26.4 Å². The molecular weight excluding hydrogens is 368 g/mol. The molecule has 9 nitrogen and oxygen atoms in total. The van der Waals surface area contributed by atoms with Gasteiger partial charge in [-0.2, -0.15) is 0 Å². The summed E-state index contributed by atoms with van der Waals surface area (Å²) in [5.74, 6) is -2.39. The maximum atomic E-state index is 10.9. The van der Waals surface area contributed by atoms with Crippen molar-refractivity contribution in [2.24, 2.45) is 5.73 Å². The number of ketones is 2. The Hall–Kier alpha value is -2.94. The molecule has 2 atom stereocenters. The van der Waals surface area contributed by atoms with Gasteiger partial charge in [-0.25, -0.2) is 4.79 Å². The van der Waals surface area contributed by atoms with Crippen LogP contribution >= 0.6 is 0 Å². The molecule has 0 saturated carbocycles. The second-order valence-corrected chi connectivity index (χ2v) is 5.74. The first-order chi connectivity index (χ1) is 12.9. The third-order valence-electron chi connectivity index (χ3n) is 3.18. The number of aromatic hydroxyl groups is 2. The number of hydrogen-bond donors (Lipinski definition) is 5. The number of carboxylic acids is 1. The highest BCUT2D eigenvalue weighted by molar-refractivity contribution is 5.87. The minimum absolute atomic E-state index is 0.0995. The molecule has 0 aromatic heterocycles. The fourth-order valence-corrected chi connectivity index (χ4v) is 1.83. The molecule has 0 heterocycles. The zero-order chi connectivity index (χ0) is 22.4. The number of nitrogens with two attached hydrogens (primary N) is 1. The van der Waals surface area contributed by atoms with Crippen LogP contribution in [0.3, 0.4) is 0 Å². The Kier molecular flexibility index (Phi) is 13.8. The Bertz CT molecular complexity index is 658.